The van der Waals surface area contributed by atoms with Gasteiger partial charge in [0.15, 0.2) is 0 Å². The largest absolute Gasteiger partial charge is 0.361 e. The molecule has 86 valence electrons. The lowest BCUT2D eigenvalue weighted by Crippen LogP contribution is -1.99. The summed E-state index contributed by atoms with van der Waals surface area (Å²) in [5.74, 6) is 1.04. The van der Waals surface area contributed by atoms with Crippen LogP contribution < -0.4 is 0 Å². The average Bonchev–Trinajstić information content (AvgIpc) is 2.75. The van der Waals surface area contributed by atoms with E-state index in [1.807, 2.05) is 12.4 Å². The van der Waals surface area contributed by atoms with Crippen molar-refractivity contribution in [1.29, 1.82) is 0 Å². The van der Waals surface area contributed by atoms with Gasteiger partial charge in [-0.15, -0.1) is 0 Å². The van der Waals surface area contributed by atoms with Gasteiger partial charge in [0.2, 0.25) is 0 Å². The summed E-state index contributed by atoms with van der Waals surface area (Å²) < 4.78 is 0. The first kappa shape index (κ1) is 11.2. The van der Waals surface area contributed by atoms with Gasteiger partial charge in [-0.2, -0.15) is 0 Å². The Morgan fingerprint density at radius 2 is 2.06 bits per heavy atom. The van der Waals surface area contributed by atoms with Crippen LogP contribution >= 0.6 is 0 Å². The van der Waals surface area contributed by atoms with Gasteiger partial charge in [-0.05, 0) is 29.9 Å². The summed E-state index contributed by atoms with van der Waals surface area (Å²) in [6.45, 7) is 8.86. The molecular formula is C14H20N2. The summed E-state index contributed by atoms with van der Waals surface area (Å²) in [4.78, 5) is 7.99. The fourth-order valence-corrected chi connectivity index (χ4v) is 2.15. The number of nitrogens with zero attached hydrogens (tertiary/aromatic N) is 1. The van der Waals surface area contributed by atoms with Crippen LogP contribution in [0.3, 0.4) is 0 Å². The van der Waals surface area contributed by atoms with Crippen LogP contribution in [0.2, 0.25) is 0 Å². The van der Waals surface area contributed by atoms with Gasteiger partial charge in [0, 0.05) is 17.8 Å². The molecule has 0 radical (unpaired) electrons. The molecule has 0 bridgehead atoms. The second-order valence-electron chi connectivity index (χ2n) is 4.83. The summed E-state index contributed by atoms with van der Waals surface area (Å²) in [6, 6.07) is 2.14. The van der Waals surface area contributed by atoms with Crippen LogP contribution in [0.4, 0.5) is 0 Å². The highest BCUT2D eigenvalue weighted by Gasteiger charge is 2.14. The quantitative estimate of drug-likeness (QED) is 0.818. The van der Waals surface area contributed by atoms with Crippen molar-refractivity contribution in [3.8, 4) is 0 Å². The van der Waals surface area contributed by atoms with Gasteiger partial charge < -0.3 is 4.98 Å². The van der Waals surface area contributed by atoms with E-state index in [1.165, 1.54) is 22.2 Å². The number of hydrogen-bond acceptors (Lipinski definition) is 1. The van der Waals surface area contributed by atoms with Gasteiger partial charge >= 0.3 is 0 Å². The number of aromatic nitrogens is 2. The number of rotatable bonds is 3. The third-order valence-corrected chi connectivity index (χ3v) is 3.34. The summed E-state index contributed by atoms with van der Waals surface area (Å²) in [7, 11) is 0. The van der Waals surface area contributed by atoms with E-state index < -0.39 is 0 Å². The monoisotopic (exact) mass is 216 g/mol. The molecular weight excluding hydrogens is 196 g/mol. The zero-order valence-electron chi connectivity index (χ0n) is 10.5. The molecule has 0 saturated heterocycles. The maximum Gasteiger partial charge on any atom is 0.0523 e. The van der Waals surface area contributed by atoms with Gasteiger partial charge in [-0.3, -0.25) is 4.98 Å². The number of pyridine rings is 1. The Kier molecular flexibility index (Phi) is 2.99. The molecule has 2 rings (SSSR count). The number of hydrogen-bond donors (Lipinski definition) is 1. The van der Waals surface area contributed by atoms with Crippen LogP contribution in [0.1, 0.15) is 57.2 Å². The first-order valence-electron chi connectivity index (χ1n) is 6.11. The van der Waals surface area contributed by atoms with Crippen LogP contribution in [0.5, 0.6) is 0 Å². The predicted molar refractivity (Wildman–Crippen MR) is 68.9 cm³/mol. The van der Waals surface area contributed by atoms with Crippen LogP contribution in [-0.2, 0) is 0 Å². The predicted octanol–water partition coefficient (Wildman–Crippen LogP) is 4.20. The topological polar surface area (TPSA) is 28.7 Å². The van der Waals surface area contributed by atoms with Crippen LogP contribution in [0, 0.1) is 0 Å². The minimum atomic E-state index is 0.476. The van der Waals surface area contributed by atoms with Gasteiger partial charge in [-0.1, -0.05) is 27.7 Å². The molecule has 0 aliphatic carbocycles. The summed E-state index contributed by atoms with van der Waals surface area (Å²) in [5.41, 5.74) is 3.81. The number of H-pyrrole nitrogens is 1. The molecule has 2 aromatic rings. The molecule has 2 heterocycles. The van der Waals surface area contributed by atoms with Crippen LogP contribution in [0.25, 0.3) is 10.9 Å². The molecule has 0 aromatic carbocycles. The fourth-order valence-electron chi connectivity index (χ4n) is 2.15. The standard InChI is InChI=1S/C14H20N2/c1-5-10(4)12-8-16-13(9(2)3)11-6-7-15-14(11)12/h6-10,15H,5H2,1-4H3. The van der Waals surface area contributed by atoms with Crippen LogP contribution in [0.15, 0.2) is 18.5 Å². The molecule has 1 unspecified atom stereocenters. The summed E-state index contributed by atoms with van der Waals surface area (Å²) in [5, 5.41) is 1.28. The third kappa shape index (κ3) is 1.73. The molecule has 0 aliphatic heterocycles. The SMILES string of the molecule is CCC(C)c1cnc(C(C)C)c2cc[nH]c12. The van der Waals surface area contributed by atoms with Crippen molar-refractivity contribution in [2.45, 2.75) is 46.0 Å². The number of fused-ring (bicyclic) bond motifs is 1. The third-order valence-electron chi connectivity index (χ3n) is 3.34. The second kappa shape index (κ2) is 4.28. The molecule has 1 atom stereocenters. The van der Waals surface area contributed by atoms with Crippen molar-refractivity contribution >= 4 is 10.9 Å². The Morgan fingerprint density at radius 1 is 1.31 bits per heavy atom. The van der Waals surface area contributed by atoms with Gasteiger partial charge in [0.1, 0.15) is 0 Å². The van der Waals surface area contributed by atoms with Crippen molar-refractivity contribution in [3.63, 3.8) is 0 Å². The average molecular weight is 216 g/mol. The van der Waals surface area contributed by atoms with Gasteiger partial charge in [0.05, 0.1) is 11.2 Å². The lowest BCUT2D eigenvalue weighted by molar-refractivity contribution is 0.730. The Balaban J connectivity index is 2.63. The highest BCUT2D eigenvalue weighted by molar-refractivity contribution is 5.85. The van der Waals surface area contributed by atoms with Crippen molar-refractivity contribution in [2.24, 2.45) is 0 Å². The lowest BCUT2D eigenvalue weighted by atomic mass is 9.96. The van der Waals surface area contributed by atoms with E-state index in [0.717, 1.165) is 6.42 Å². The molecule has 0 amide bonds. The molecule has 2 heteroatoms. The zero-order chi connectivity index (χ0) is 11.7. The molecule has 0 aliphatic rings. The molecule has 16 heavy (non-hydrogen) atoms. The Bertz CT molecular complexity index is 482. The number of aromatic amines is 1. The van der Waals surface area contributed by atoms with Crippen LogP contribution in [-0.4, -0.2) is 9.97 Å². The fraction of sp³-hybridized carbons (Fsp3) is 0.500. The first-order chi connectivity index (χ1) is 7.65. The van der Waals surface area contributed by atoms with Crippen molar-refractivity contribution < 1.29 is 0 Å². The van der Waals surface area contributed by atoms with Crippen molar-refractivity contribution in [1.82, 2.24) is 9.97 Å². The molecule has 0 saturated carbocycles. The number of nitrogens with one attached hydrogen (secondary N) is 1. The van der Waals surface area contributed by atoms with E-state index >= 15 is 0 Å². The Morgan fingerprint density at radius 3 is 2.69 bits per heavy atom. The van der Waals surface area contributed by atoms with Gasteiger partial charge in [0.25, 0.3) is 0 Å². The Hall–Kier alpha value is -1.31. The molecule has 2 nitrogen and oxygen atoms in total. The highest BCUT2D eigenvalue weighted by atomic mass is 14.7. The zero-order valence-corrected chi connectivity index (χ0v) is 10.5. The Labute approximate surface area is 97.1 Å². The maximum absolute atomic E-state index is 4.63. The smallest absolute Gasteiger partial charge is 0.0523 e. The van der Waals surface area contributed by atoms with E-state index in [1.54, 1.807) is 0 Å². The van der Waals surface area contributed by atoms with E-state index in [2.05, 4.69) is 43.7 Å². The second-order valence-corrected chi connectivity index (χ2v) is 4.83. The normalized spacial score (nSPS) is 13.6. The molecule has 1 N–H and O–H groups in total. The van der Waals surface area contributed by atoms with E-state index in [9.17, 15) is 0 Å². The minimum Gasteiger partial charge on any atom is -0.361 e. The van der Waals surface area contributed by atoms with Crippen molar-refractivity contribution in [2.75, 3.05) is 0 Å². The summed E-state index contributed by atoms with van der Waals surface area (Å²) >= 11 is 0. The minimum absolute atomic E-state index is 0.476. The molecule has 2 aromatic heterocycles. The van der Waals surface area contributed by atoms with Gasteiger partial charge in [-0.25, -0.2) is 0 Å². The van der Waals surface area contributed by atoms with E-state index in [4.69, 9.17) is 0 Å². The van der Waals surface area contributed by atoms with E-state index in [-0.39, 0.29) is 0 Å². The molecule has 0 fully saturated rings. The highest BCUT2D eigenvalue weighted by Crippen LogP contribution is 2.30. The maximum atomic E-state index is 4.63. The molecule has 0 spiro atoms. The van der Waals surface area contributed by atoms with Crippen molar-refractivity contribution in [3.05, 3.63) is 29.7 Å². The first-order valence-corrected chi connectivity index (χ1v) is 6.11. The lowest BCUT2D eigenvalue weighted by Gasteiger charge is -2.13. The summed E-state index contributed by atoms with van der Waals surface area (Å²) in [6.07, 6.45) is 5.21. The van der Waals surface area contributed by atoms with E-state index in [0.29, 0.717) is 11.8 Å².